The zero-order chi connectivity index (χ0) is 15.3. The van der Waals surface area contributed by atoms with E-state index in [-0.39, 0.29) is 11.6 Å². The summed E-state index contributed by atoms with van der Waals surface area (Å²) in [7, 11) is 0. The van der Waals surface area contributed by atoms with Gasteiger partial charge in [0.05, 0.1) is 0 Å². The van der Waals surface area contributed by atoms with E-state index in [1.807, 2.05) is 0 Å². The highest BCUT2D eigenvalue weighted by molar-refractivity contribution is 5.89. The van der Waals surface area contributed by atoms with E-state index in [1.54, 1.807) is 0 Å². The lowest BCUT2D eigenvalue weighted by atomic mass is 9.53. The van der Waals surface area contributed by atoms with Crippen LogP contribution in [0.5, 0.6) is 5.75 Å². The van der Waals surface area contributed by atoms with Gasteiger partial charge in [0.15, 0.2) is 11.6 Å². The molecule has 0 unspecified atom stereocenters. The van der Waals surface area contributed by atoms with E-state index in [0.29, 0.717) is 5.69 Å². The molecule has 3 N–H and O–H groups in total. The largest absolute Gasteiger partial charge is 0.505 e. The van der Waals surface area contributed by atoms with Gasteiger partial charge in [-0.1, -0.05) is 0 Å². The van der Waals surface area contributed by atoms with Crippen LogP contribution in [0.4, 0.5) is 14.9 Å². The first kappa shape index (κ1) is 13.9. The van der Waals surface area contributed by atoms with Crippen molar-refractivity contribution in [1.82, 2.24) is 5.32 Å². The van der Waals surface area contributed by atoms with Crippen LogP contribution < -0.4 is 10.6 Å². The summed E-state index contributed by atoms with van der Waals surface area (Å²) in [5.41, 5.74) is 0.298. The number of aromatic hydroxyl groups is 1. The second-order valence-corrected chi connectivity index (χ2v) is 7.44. The number of hydrogen-bond donors (Lipinski definition) is 3. The Balaban J connectivity index is 1.44. The van der Waals surface area contributed by atoms with Crippen LogP contribution in [0.25, 0.3) is 0 Å². The fourth-order valence-corrected chi connectivity index (χ4v) is 5.25. The van der Waals surface area contributed by atoms with Crippen molar-refractivity contribution in [3.63, 3.8) is 0 Å². The third-order valence-electron chi connectivity index (χ3n) is 5.62. The molecule has 2 amide bonds. The summed E-state index contributed by atoms with van der Waals surface area (Å²) in [6.07, 6.45) is 7.21. The molecular weight excluding hydrogens is 283 g/mol. The number of phenolic OH excluding ortho intramolecular Hbond substituents is 1. The number of anilines is 1. The molecule has 4 nitrogen and oxygen atoms in total. The minimum absolute atomic E-state index is 0.0612. The molecule has 0 spiro atoms. The number of carbonyl (C=O) groups excluding carboxylic acids is 1. The molecule has 5 heteroatoms. The highest BCUT2D eigenvalue weighted by Crippen LogP contribution is 2.55. The molecule has 0 aromatic heterocycles. The van der Waals surface area contributed by atoms with Gasteiger partial charge in [-0.3, -0.25) is 0 Å². The van der Waals surface area contributed by atoms with Crippen LogP contribution in [0.15, 0.2) is 18.2 Å². The first-order valence-corrected chi connectivity index (χ1v) is 8.09. The Morgan fingerprint density at radius 2 is 1.73 bits per heavy atom. The van der Waals surface area contributed by atoms with Gasteiger partial charge < -0.3 is 15.7 Å². The molecule has 4 saturated carbocycles. The number of carbonyl (C=O) groups is 1. The number of halogens is 1. The van der Waals surface area contributed by atoms with E-state index >= 15 is 0 Å². The topological polar surface area (TPSA) is 61.4 Å². The number of phenols is 1. The molecule has 4 bridgehead atoms. The minimum atomic E-state index is -0.729. The van der Waals surface area contributed by atoms with Crippen LogP contribution in [0.3, 0.4) is 0 Å². The van der Waals surface area contributed by atoms with E-state index in [1.165, 1.54) is 31.4 Å². The van der Waals surface area contributed by atoms with Crippen LogP contribution in [-0.4, -0.2) is 16.7 Å². The van der Waals surface area contributed by atoms with Crippen LogP contribution in [0.2, 0.25) is 0 Å². The third kappa shape index (κ3) is 2.42. The molecule has 0 radical (unpaired) electrons. The molecule has 4 aliphatic rings. The summed E-state index contributed by atoms with van der Waals surface area (Å²) in [4.78, 5) is 12.3. The van der Waals surface area contributed by atoms with Gasteiger partial charge in [-0.05, 0) is 68.4 Å². The molecule has 0 aliphatic heterocycles. The Kier molecular flexibility index (Phi) is 3.06. The summed E-state index contributed by atoms with van der Waals surface area (Å²) in [6, 6.07) is 3.61. The molecular formula is C17H21FN2O2. The number of nitrogens with one attached hydrogen (secondary N) is 2. The number of amides is 2. The molecule has 4 aliphatic carbocycles. The smallest absolute Gasteiger partial charge is 0.319 e. The summed E-state index contributed by atoms with van der Waals surface area (Å²) in [6.45, 7) is 0. The number of rotatable bonds is 2. The fraction of sp³-hybridized carbons (Fsp3) is 0.588. The molecule has 0 atom stereocenters. The molecule has 0 saturated heterocycles. The SMILES string of the molecule is O=C(Nc1ccc(O)c(F)c1)NC12CC3CC(CC(C3)C1)C2. The quantitative estimate of drug-likeness (QED) is 0.731. The first-order chi connectivity index (χ1) is 10.5. The van der Waals surface area contributed by atoms with Crippen molar-refractivity contribution in [3.05, 3.63) is 24.0 Å². The second-order valence-electron chi connectivity index (χ2n) is 7.44. The van der Waals surface area contributed by atoms with Gasteiger partial charge in [-0.25, -0.2) is 9.18 Å². The zero-order valence-corrected chi connectivity index (χ0v) is 12.4. The molecule has 0 heterocycles. The predicted molar refractivity (Wildman–Crippen MR) is 81.1 cm³/mol. The first-order valence-electron chi connectivity index (χ1n) is 8.09. The lowest BCUT2D eigenvalue weighted by Gasteiger charge is -2.56. The highest BCUT2D eigenvalue weighted by Gasteiger charge is 2.51. The number of urea groups is 1. The average Bonchev–Trinajstić information content (AvgIpc) is 2.40. The Morgan fingerprint density at radius 1 is 1.14 bits per heavy atom. The van der Waals surface area contributed by atoms with Crippen molar-refractivity contribution in [3.8, 4) is 5.75 Å². The molecule has 4 fully saturated rings. The van der Waals surface area contributed by atoms with E-state index in [2.05, 4.69) is 10.6 Å². The van der Waals surface area contributed by atoms with Gasteiger partial charge in [0.1, 0.15) is 0 Å². The number of hydrogen-bond acceptors (Lipinski definition) is 2. The van der Waals surface area contributed by atoms with E-state index < -0.39 is 11.6 Å². The minimum Gasteiger partial charge on any atom is -0.505 e. The maximum absolute atomic E-state index is 13.3. The summed E-state index contributed by atoms with van der Waals surface area (Å²) in [5.74, 6) is 1.15. The van der Waals surface area contributed by atoms with Crippen molar-refractivity contribution >= 4 is 11.7 Å². The monoisotopic (exact) mass is 304 g/mol. The Labute approximate surface area is 129 Å². The Bertz CT molecular complexity index is 581. The molecule has 1 aromatic carbocycles. The number of benzene rings is 1. The molecule has 22 heavy (non-hydrogen) atoms. The predicted octanol–water partition coefficient (Wildman–Crippen LogP) is 3.62. The maximum Gasteiger partial charge on any atom is 0.319 e. The normalized spacial score (nSPS) is 35.4. The zero-order valence-electron chi connectivity index (χ0n) is 12.4. The van der Waals surface area contributed by atoms with Crippen LogP contribution in [-0.2, 0) is 0 Å². The summed E-state index contributed by atoms with van der Waals surface area (Å²) >= 11 is 0. The van der Waals surface area contributed by atoms with Crippen molar-refractivity contribution in [2.24, 2.45) is 17.8 Å². The van der Waals surface area contributed by atoms with Crippen LogP contribution in [0.1, 0.15) is 38.5 Å². The van der Waals surface area contributed by atoms with E-state index in [9.17, 15) is 14.3 Å². The van der Waals surface area contributed by atoms with Crippen molar-refractivity contribution in [2.75, 3.05) is 5.32 Å². The van der Waals surface area contributed by atoms with Crippen molar-refractivity contribution < 1.29 is 14.3 Å². The maximum atomic E-state index is 13.3. The lowest BCUT2D eigenvalue weighted by molar-refractivity contribution is -0.0127. The summed E-state index contributed by atoms with van der Waals surface area (Å²) < 4.78 is 13.3. The van der Waals surface area contributed by atoms with Gasteiger partial charge in [-0.2, -0.15) is 0 Å². The standard InChI is InChI=1S/C17H21FN2O2/c18-14-6-13(1-2-15(14)21)19-16(22)20-17-7-10-3-11(8-17)5-12(4-10)9-17/h1-2,6,10-12,21H,3-5,7-9H2,(H2,19,20,22). The van der Waals surface area contributed by atoms with Gasteiger partial charge in [0, 0.05) is 17.3 Å². The molecule has 5 rings (SSSR count). The van der Waals surface area contributed by atoms with Gasteiger partial charge in [-0.15, -0.1) is 0 Å². The van der Waals surface area contributed by atoms with Crippen molar-refractivity contribution in [1.29, 1.82) is 0 Å². The fourth-order valence-electron chi connectivity index (χ4n) is 5.25. The van der Waals surface area contributed by atoms with E-state index in [4.69, 9.17) is 0 Å². The van der Waals surface area contributed by atoms with Gasteiger partial charge >= 0.3 is 6.03 Å². The van der Waals surface area contributed by atoms with Gasteiger partial charge in [0.25, 0.3) is 0 Å². The third-order valence-corrected chi connectivity index (χ3v) is 5.62. The summed E-state index contributed by atoms with van der Waals surface area (Å²) in [5, 5.41) is 15.0. The van der Waals surface area contributed by atoms with E-state index in [0.717, 1.165) is 43.1 Å². The van der Waals surface area contributed by atoms with Crippen molar-refractivity contribution in [2.45, 2.75) is 44.1 Å². The van der Waals surface area contributed by atoms with Gasteiger partial charge in [0.2, 0.25) is 0 Å². The second kappa shape index (κ2) is 4.86. The van der Waals surface area contributed by atoms with Crippen LogP contribution >= 0.6 is 0 Å². The lowest BCUT2D eigenvalue weighted by Crippen LogP contribution is -2.60. The van der Waals surface area contributed by atoms with Crippen LogP contribution in [0, 0.1) is 23.6 Å². The molecule has 1 aromatic rings. The Morgan fingerprint density at radius 3 is 2.27 bits per heavy atom. The Hall–Kier alpha value is -1.78. The molecule has 118 valence electrons. The average molecular weight is 304 g/mol. The highest BCUT2D eigenvalue weighted by atomic mass is 19.1.